The van der Waals surface area contributed by atoms with E-state index in [0.717, 1.165) is 95.9 Å². The second kappa shape index (κ2) is 24.6. The van der Waals surface area contributed by atoms with Crippen LogP contribution in [0.15, 0.2) is 166 Å². The fourth-order valence-corrected chi connectivity index (χ4v) is 6.92. The second-order valence-electron chi connectivity index (χ2n) is 14.6. The van der Waals surface area contributed by atoms with E-state index in [0.29, 0.717) is 26.2 Å². The number of rotatable bonds is 25. The van der Waals surface area contributed by atoms with Crippen molar-refractivity contribution in [3.05, 3.63) is 146 Å². The number of azo groups is 2. The molecule has 0 saturated carbocycles. The second-order valence-corrected chi connectivity index (χ2v) is 14.6. The third-order valence-corrected chi connectivity index (χ3v) is 10.2. The number of hydrogen-bond donors (Lipinski definition) is 6. The SMILES string of the molecule is OCCN(CCO)c1ccc(Nc2ccc(N=Nc3cccc[n+]3CCCCCC[n+]3ccccc3N=Nc3ccc(Nc4ccc(N(CCO)CCO)cc4)cc3)cc2)cc1. The molecule has 14 nitrogen and oxygen atoms in total. The van der Waals surface area contributed by atoms with E-state index in [2.05, 4.69) is 52.6 Å². The first-order valence-electron chi connectivity index (χ1n) is 21.2. The van der Waals surface area contributed by atoms with Crippen LogP contribution in [0.25, 0.3) is 0 Å². The molecule has 62 heavy (non-hydrogen) atoms. The molecule has 2 aromatic heterocycles. The van der Waals surface area contributed by atoms with Gasteiger partial charge in [-0.3, -0.25) is 0 Å². The fraction of sp³-hybridized carbons (Fsp3) is 0.292. The van der Waals surface area contributed by atoms with Crippen LogP contribution in [0.3, 0.4) is 0 Å². The molecule has 0 fully saturated rings. The van der Waals surface area contributed by atoms with Crippen LogP contribution in [0.2, 0.25) is 0 Å². The van der Waals surface area contributed by atoms with Gasteiger partial charge in [-0.25, -0.2) is 9.13 Å². The smallest absolute Gasteiger partial charge is 0.350 e. The van der Waals surface area contributed by atoms with Gasteiger partial charge in [0.2, 0.25) is 0 Å². The van der Waals surface area contributed by atoms with E-state index in [1.54, 1.807) is 0 Å². The molecule has 2 heterocycles. The minimum atomic E-state index is 0.0282. The lowest BCUT2D eigenvalue weighted by Gasteiger charge is -2.23. The van der Waals surface area contributed by atoms with Gasteiger partial charge in [0.25, 0.3) is 0 Å². The van der Waals surface area contributed by atoms with E-state index in [4.69, 9.17) is 0 Å². The van der Waals surface area contributed by atoms with E-state index in [1.165, 1.54) is 0 Å². The van der Waals surface area contributed by atoms with Crippen LogP contribution in [0.1, 0.15) is 25.7 Å². The van der Waals surface area contributed by atoms with Crippen molar-refractivity contribution in [2.45, 2.75) is 38.8 Å². The van der Waals surface area contributed by atoms with Gasteiger partial charge in [-0.05, 0) is 145 Å². The molecule has 0 amide bonds. The van der Waals surface area contributed by atoms with Gasteiger partial charge in [0.15, 0.2) is 0 Å². The molecule has 0 bridgehead atoms. The molecule has 0 unspecified atom stereocenters. The lowest BCUT2D eigenvalue weighted by Crippen LogP contribution is -2.34. The van der Waals surface area contributed by atoms with Gasteiger partial charge < -0.3 is 40.9 Å². The van der Waals surface area contributed by atoms with Crippen LogP contribution in [-0.2, 0) is 13.1 Å². The van der Waals surface area contributed by atoms with Crippen LogP contribution in [0, 0.1) is 0 Å². The predicted molar refractivity (Wildman–Crippen MR) is 245 cm³/mol. The molecular weight excluding hydrogens is 781 g/mol. The molecule has 322 valence electrons. The monoisotopic (exact) mass is 838 g/mol. The largest absolute Gasteiger partial charge is 0.395 e. The number of aromatic nitrogens is 2. The Morgan fingerprint density at radius 1 is 0.387 bits per heavy atom. The standard InChI is InChI=1S/C48H56N10O4/c59-35-31-55(32-36-60)45-23-19-41(20-24-45)49-39-11-15-43(16-12-39)51-53-47-9-3-7-29-57(47)27-5-1-2-6-28-58-30-8-4-10-48(58)54-52-44-17-13-40(14-18-44)50-42-21-25-46(26-22-42)56(33-37-61)34-38-62/h3-4,7-26,29-30,59-62H,1-2,5-6,27-28,31-38H2/p+2. The van der Waals surface area contributed by atoms with Crippen molar-refractivity contribution in [3.8, 4) is 0 Å². The summed E-state index contributed by atoms with van der Waals surface area (Å²) in [4.78, 5) is 3.89. The number of hydrogen-bond acceptors (Lipinski definition) is 12. The summed E-state index contributed by atoms with van der Waals surface area (Å²) in [7, 11) is 0. The summed E-state index contributed by atoms with van der Waals surface area (Å²) in [6.07, 6.45) is 8.32. The van der Waals surface area contributed by atoms with Gasteiger partial charge in [0.1, 0.15) is 11.4 Å². The summed E-state index contributed by atoms with van der Waals surface area (Å²) in [6, 6.07) is 43.4. The number of aryl methyl sites for hydroxylation is 2. The lowest BCUT2D eigenvalue weighted by molar-refractivity contribution is -0.686. The fourth-order valence-electron chi connectivity index (χ4n) is 6.92. The highest BCUT2D eigenvalue weighted by Gasteiger charge is 2.12. The van der Waals surface area contributed by atoms with Gasteiger partial charge in [-0.1, -0.05) is 12.1 Å². The van der Waals surface area contributed by atoms with E-state index in [-0.39, 0.29) is 26.4 Å². The molecule has 6 rings (SSSR count). The van der Waals surface area contributed by atoms with Crippen molar-refractivity contribution in [3.63, 3.8) is 0 Å². The Kier molecular flexibility index (Phi) is 17.9. The van der Waals surface area contributed by atoms with Crippen molar-refractivity contribution >= 4 is 57.1 Å². The summed E-state index contributed by atoms with van der Waals surface area (Å²) in [6.45, 7) is 3.69. The molecule has 0 aliphatic rings. The van der Waals surface area contributed by atoms with Crippen LogP contribution >= 0.6 is 0 Å². The van der Waals surface area contributed by atoms with E-state index >= 15 is 0 Å². The Morgan fingerprint density at radius 2 is 0.726 bits per heavy atom. The molecule has 4 aromatic carbocycles. The normalized spacial score (nSPS) is 11.4. The molecule has 0 spiro atoms. The number of unbranched alkanes of at least 4 members (excludes halogenated alkanes) is 3. The quantitative estimate of drug-likeness (QED) is 0.0190. The van der Waals surface area contributed by atoms with Crippen LogP contribution in [0.4, 0.5) is 57.1 Å². The van der Waals surface area contributed by atoms with Gasteiger partial charge in [-0.2, -0.15) is 0 Å². The Balaban J connectivity index is 0.926. The van der Waals surface area contributed by atoms with E-state index in [1.807, 2.05) is 143 Å². The molecule has 0 radical (unpaired) electrons. The first-order chi connectivity index (χ1) is 30.5. The van der Waals surface area contributed by atoms with Crippen molar-refractivity contribution in [2.24, 2.45) is 20.5 Å². The maximum atomic E-state index is 9.33. The average molecular weight is 839 g/mol. The maximum absolute atomic E-state index is 9.33. The highest BCUT2D eigenvalue weighted by atomic mass is 16.3. The number of anilines is 6. The minimum Gasteiger partial charge on any atom is -0.395 e. The highest BCUT2D eigenvalue weighted by Crippen LogP contribution is 2.26. The number of pyridine rings is 2. The highest BCUT2D eigenvalue weighted by molar-refractivity contribution is 5.65. The zero-order valence-electron chi connectivity index (χ0n) is 35.1. The van der Waals surface area contributed by atoms with Gasteiger partial charge in [0.05, 0.1) is 62.1 Å². The number of aliphatic hydroxyl groups excluding tert-OH is 4. The average Bonchev–Trinajstić information content (AvgIpc) is 3.31. The van der Waals surface area contributed by atoms with Crippen molar-refractivity contribution in [1.82, 2.24) is 0 Å². The Morgan fingerprint density at radius 3 is 1.06 bits per heavy atom. The van der Waals surface area contributed by atoms with Gasteiger partial charge in [0, 0.05) is 72.4 Å². The zero-order chi connectivity index (χ0) is 43.2. The van der Waals surface area contributed by atoms with E-state index in [9.17, 15) is 20.4 Å². The topological polar surface area (TPSA) is 169 Å². The third-order valence-electron chi connectivity index (χ3n) is 10.2. The van der Waals surface area contributed by atoms with Crippen LogP contribution in [-0.4, -0.2) is 73.0 Å². The third kappa shape index (κ3) is 14.0. The summed E-state index contributed by atoms with van der Waals surface area (Å²) in [5.41, 5.74) is 7.14. The van der Waals surface area contributed by atoms with Crippen molar-refractivity contribution in [1.29, 1.82) is 0 Å². The maximum Gasteiger partial charge on any atom is 0.350 e. The Labute approximate surface area is 363 Å². The van der Waals surface area contributed by atoms with Crippen molar-refractivity contribution < 1.29 is 29.6 Å². The van der Waals surface area contributed by atoms with Gasteiger partial charge in [-0.15, -0.1) is 0 Å². The van der Waals surface area contributed by atoms with Crippen LogP contribution < -0.4 is 29.6 Å². The summed E-state index contributed by atoms with van der Waals surface area (Å²) in [5, 5.41) is 62.3. The Bertz CT molecular complexity index is 2100. The van der Waals surface area contributed by atoms with Crippen LogP contribution in [0.5, 0.6) is 0 Å². The number of benzene rings is 4. The molecule has 0 saturated heterocycles. The summed E-state index contributed by atoms with van der Waals surface area (Å²) < 4.78 is 4.29. The van der Waals surface area contributed by atoms with Crippen molar-refractivity contribution in [2.75, 3.05) is 73.0 Å². The molecule has 0 aliphatic carbocycles. The van der Waals surface area contributed by atoms with E-state index < -0.39 is 0 Å². The number of nitrogens with zero attached hydrogens (tertiary/aromatic N) is 8. The Hall–Kier alpha value is -6.58. The zero-order valence-corrected chi connectivity index (χ0v) is 35.1. The molecule has 6 N–H and O–H groups in total. The predicted octanol–water partition coefficient (Wildman–Crippen LogP) is 8.42. The summed E-state index contributed by atoms with van der Waals surface area (Å²) in [5.74, 6) is 1.61. The minimum absolute atomic E-state index is 0.0282. The number of aliphatic hydroxyl groups is 4. The number of nitrogens with one attached hydrogen (secondary N) is 2. The lowest BCUT2D eigenvalue weighted by atomic mass is 10.2. The molecule has 0 atom stereocenters. The molecular formula is C48H58N10O4+2. The molecule has 0 aliphatic heterocycles. The first-order valence-corrected chi connectivity index (χ1v) is 21.2. The summed E-state index contributed by atoms with van der Waals surface area (Å²) >= 11 is 0. The first kappa shape index (κ1) is 45.0. The molecule has 6 aromatic rings. The molecule has 14 heteroatoms. The van der Waals surface area contributed by atoms with Gasteiger partial charge >= 0.3 is 11.6 Å².